The van der Waals surface area contributed by atoms with E-state index in [9.17, 15) is 13.6 Å². The molecule has 2 aromatic carbocycles. The summed E-state index contributed by atoms with van der Waals surface area (Å²) in [4.78, 5) is 18.9. The Morgan fingerprint density at radius 1 is 1.03 bits per heavy atom. The summed E-state index contributed by atoms with van der Waals surface area (Å²) in [6.07, 6.45) is 5.11. The molecule has 0 unspecified atom stereocenters. The number of carbonyl (C=O) groups excluding carboxylic acids is 1. The van der Waals surface area contributed by atoms with Crippen LogP contribution < -0.4 is 14.4 Å². The van der Waals surface area contributed by atoms with Gasteiger partial charge >= 0.3 is 12.6 Å². The van der Waals surface area contributed by atoms with Gasteiger partial charge in [0, 0.05) is 36.4 Å². The minimum Gasteiger partial charge on any atom is -0.490 e. The molecule has 0 bridgehead atoms. The number of anilines is 2. The predicted octanol–water partition coefficient (Wildman–Crippen LogP) is 7.16. The lowest BCUT2D eigenvalue weighted by atomic mass is 10.1. The Bertz CT molecular complexity index is 1130. The molecule has 36 heavy (non-hydrogen) atoms. The van der Waals surface area contributed by atoms with Crippen molar-refractivity contribution in [2.24, 2.45) is 0 Å². The molecule has 0 radical (unpaired) electrons. The molecule has 0 amide bonds. The third-order valence-electron chi connectivity index (χ3n) is 5.07. The number of ether oxygens (including phenoxy) is 3. The predicted molar refractivity (Wildman–Crippen MR) is 135 cm³/mol. The summed E-state index contributed by atoms with van der Waals surface area (Å²) >= 11 is 0. The molecular weight excluding hydrogens is 466 g/mol. The van der Waals surface area contributed by atoms with E-state index in [1.165, 1.54) is 6.07 Å². The number of rotatable bonds is 11. The second kappa shape index (κ2) is 12.3. The first kappa shape index (κ1) is 26.9. The van der Waals surface area contributed by atoms with Crippen LogP contribution in [0.2, 0.25) is 0 Å². The summed E-state index contributed by atoms with van der Waals surface area (Å²) in [6, 6.07) is 15.7. The number of nitrogens with zero attached hydrogens (tertiary/aromatic N) is 2. The molecule has 0 aliphatic heterocycles. The zero-order valence-electron chi connectivity index (χ0n) is 21.0. The molecule has 0 aliphatic rings. The summed E-state index contributed by atoms with van der Waals surface area (Å²) in [7, 11) is 0. The van der Waals surface area contributed by atoms with Gasteiger partial charge in [0.25, 0.3) is 0 Å². The van der Waals surface area contributed by atoms with E-state index in [1.54, 1.807) is 42.7 Å². The number of alkyl halides is 2. The molecule has 1 aromatic heterocycles. The Balaban J connectivity index is 2.03. The van der Waals surface area contributed by atoms with Gasteiger partial charge in [-0.05, 0) is 69.2 Å². The Morgan fingerprint density at radius 3 is 2.47 bits per heavy atom. The van der Waals surface area contributed by atoms with Crippen LogP contribution in [0.4, 0.5) is 20.2 Å². The monoisotopic (exact) mass is 498 g/mol. The first-order chi connectivity index (χ1) is 17.2. The van der Waals surface area contributed by atoms with Crippen LogP contribution >= 0.6 is 0 Å². The highest BCUT2D eigenvalue weighted by Crippen LogP contribution is 2.37. The third kappa shape index (κ3) is 7.93. The van der Waals surface area contributed by atoms with Crippen LogP contribution in [-0.4, -0.2) is 29.8 Å². The van der Waals surface area contributed by atoms with Gasteiger partial charge in [-0.3, -0.25) is 4.98 Å². The van der Waals surface area contributed by atoms with Gasteiger partial charge in [0.15, 0.2) is 11.5 Å². The fraction of sp³-hybridized carbons (Fsp3) is 0.357. The highest BCUT2D eigenvalue weighted by atomic mass is 19.3. The Kier molecular flexibility index (Phi) is 9.22. The van der Waals surface area contributed by atoms with E-state index < -0.39 is 18.2 Å². The zero-order chi connectivity index (χ0) is 26.1. The molecule has 0 saturated heterocycles. The maximum atomic E-state index is 13.0. The minimum atomic E-state index is -2.97. The maximum Gasteiger partial charge on any atom is 0.387 e. The highest BCUT2D eigenvalue weighted by molar-refractivity contribution is 5.91. The molecular formula is C28H32F2N2O4. The number of aromatic nitrogens is 1. The molecule has 0 fully saturated rings. The quantitative estimate of drug-likeness (QED) is 0.207. The molecule has 0 atom stereocenters. The van der Waals surface area contributed by atoms with Crippen molar-refractivity contribution in [1.82, 2.24) is 4.98 Å². The SMILES string of the molecule is CCCCOc1cc(N(Cc2cccnc2)c2cccc(C(=O)OC(C)(C)C)c2)ccc1OC(F)F. The summed E-state index contributed by atoms with van der Waals surface area (Å²) in [5, 5.41) is 0. The number of hydrogen-bond acceptors (Lipinski definition) is 6. The molecule has 0 saturated carbocycles. The van der Waals surface area contributed by atoms with E-state index in [2.05, 4.69) is 9.72 Å². The average Bonchev–Trinajstić information content (AvgIpc) is 2.83. The number of unbranched alkanes of at least 4 members (excludes halogenated alkanes) is 1. The van der Waals surface area contributed by atoms with Crippen molar-refractivity contribution in [2.45, 2.75) is 59.3 Å². The number of pyridine rings is 1. The highest BCUT2D eigenvalue weighted by Gasteiger charge is 2.21. The summed E-state index contributed by atoms with van der Waals surface area (Å²) in [5.41, 5.74) is 2.07. The van der Waals surface area contributed by atoms with E-state index in [0.717, 1.165) is 18.4 Å². The van der Waals surface area contributed by atoms with Crippen molar-refractivity contribution in [3.8, 4) is 11.5 Å². The van der Waals surface area contributed by atoms with Gasteiger partial charge in [0.05, 0.1) is 12.2 Å². The smallest absolute Gasteiger partial charge is 0.387 e. The standard InChI is InChI=1S/C28H32F2N2O4/c1-5-6-15-34-25-17-23(12-13-24(25)35-27(29)30)32(19-20-9-8-14-31-18-20)22-11-7-10-21(16-22)26(33)36-28(2,3)4/h7-14,16-18,27H,5-6,15,19H2,1-4H3. The van der Waals surface area contributed by atoms with Crippen molar-refractivity contribution in [3.05, 3.63) is 78.1 Å². The third-order valence-corrected chi connectivity index (χ3v) is 5.07. The van der Waals surface area contributed by atoms with Gasteiger partial charge < -0.3 is 19.1 Å². The van der Waals surface area contributed by atoms with Crippen LogP contribution in [0.5, 0.6) is 11.5 Å². The van der Waals surface area contributed by atoms with Gasteiger partial charge in [-0.15, -0.1) is 0 Å². The van der Waals surface area contributed by atoms with Crippen molar-refractivity contribution in [2.75, 3.05) is 11.5 Å². The van der Waals surface area contributed by atoms with Gasteiger partial charge in [0.1, 0.15) is 5.60 Å². The average molecular weight is 499 g/mol. The lowest BCUT2D eigenvalue weighted by molar-refractivity contribution is -0.0515. The molecule has 0 spiro atoms. The van der Waals surface area contributed by atoms with Crippen LogP contribution in [0.1, 0.15) is 56.5 Å². The summed E-state index contributed by atoms with van der Waals surface area (Å²) in [5.74, 6) is -0.246. The minimum absolute atomic E-state index is 0.0336. The van der Waals surface area contributed by atoms with Gasteiger partial charge in [-0.2, -0.15) is 8.78 Å². The van der Waals surface area contributed by atoms with Crippen LogP contribution in [0.3, 0.4) is 0 Å². The first-order valence-electron chi connectivity index (χ1n) is 11.9. The number of benzene rings is 2. The van der Waals surface area contributed by atoms with Gasteiger partial charge in [-0.1, -0.05) is 25.5 Å². The maximum absolute atomic E-state index is 13.0. The Hall–Kier alpha value is -3.68. The summed E-state index contributed by atoms with van der Waals surface area (Å²) in [6.45, 7) is 5.27. The van der Waals surface area contributed by atoms with Crippen LogP contribution in [-0.2, 0) is 11.3 Å². The second-order valence-corrected chi connectivity index (χ2v) is 9.21. The molecule has 3 rings (SSSR count). The first-order valence-corrected chi connectivity index (χ1v) is 11.9. The van der Waals surface area contributed by atoms with E-state index in [0.29, 0.717) is 30.1 Å². The van der Waals surface area contributed by atoms with E-state index in [1.807, 2.05) is 50.8 Å². The zero-order valence-corrected chi connectivity index (χ0v) is 21.0. The van der Waals surface area contributed by atoms with E-state index >= 15 is 0 Å². The molecule has 3 aromatic rings. The van der Waals surface area contributed by atoms with Crippen molar-refractivity contribution >= 4 is 17.3 Å². The van der Waals surface area contributed by atoms with Crippen LogP contribution in [0.15, 0.2) is 67.0 Å². The summed E-state index contributed by atoms with van der Waals surface area (Å²) < 4.78 is 42.0. The Morgan fingerprint density at radius 2 is 1.81 bits per heavy atom. The molecule has 192 valence electrons. The molecule has 6 nitrogen and oxygen atoms in total. The number of esters is 1. The van der Waals surface area contributed by atoms with Crippen molar-refractivity contribution in [3.63, 3.8) is 0 Å². The van der Waals surface area contributed by atoms with Crippen LogP contribution in [0, 0.1) is 0 Å². The fourth-order valence-corrected chi connectivity index (χ4v) is 3.44. The second-order valence-electron chi connectivity index (χ2n) is 9.21. The van der Waals surface area contributed by atoms with Gasteiger partial charge in [-0.25, -0.2) is 4.79 Å². The van der Waals surface area contributed by atoms with E-state index in [-0.39, 0.29) is 11.5 Å². The van der Waals surface area contributed by atoms with Crippen molar-refractivity contribution in [1.29, 1.82) is 0 Å². The van der Waals surface area contributed by atoms with E-state index in [4.69, 9.17) is 9.47 Å². The fourth-order valence-electron chi connectivity index (χ4n) is 3.44. The molecule has 8 heteroatoms. The van der Waals surface area contributed by atoms with Gasteiger partial charge in [0.2, 0.25) is 0 Å². The lowest BCUT2D eigenvalue weighted by Gasteiger charge is -2.27. The van der Waals surface area contributed by atoms with Crippen molar-refractivity contribution < 1.29 is 27.8 Å². The number of halogens is 2. The largest absolute Gasteiger partial charge is 0.490 e. The lowest BCUT2D eigenvalue weighted by Crippen LogP contribution is -2.24. The Labute approximate surface area is 210 Å². The number of hydrogen-bond donors (Lipinski definition) is 0. The molecule has 0 aliphatic carbocycles. The van der Waals surface area contributed by atoms with Crippen LogP contribution in [0.25, 0.3) is 0 Å². The topological polar surface area (TPSA) is 60.9 Å². The molecule has 0 N–H and O–H groups in total. The number of carbonyl (C=O) groups is 1. The molecule has 1 heterocycles. The normalized spacial score (nSPS) is 11.3.